The Balaban J connectivity index is 1.71. The van der Waals surface area contributed by atoms with Crippen LogP contribution < -0.4 is 0 Å². The molecule has 2 aromatic rings. The van der Waals surface area contributed by atoms with Crippen molar-refractivity contribution in [2.24, 2.45) is 0 Å². The SMILES string of the molecule is Cc1ccc(O)c(C(O)=C2C(=O)C(=O)N(CCCN3CCOCC3)C2c2cccc(F)c2)c1. The number of phenols is 1. The molecule has 0 aromatic heterocycles. The standard InChI is InChI=1S/C25H27FN2O5/c1-16-6-7-20(29)19(14-16)23(30)21-22(17-4-2-5-18(26)15-17)28(25(32)24(21)31)9-3-8-27-10-12-33-13-11-27/h2,4-7,14-15,22,29-30H,3,8-13H2,1H3. The summed E-state index contributed by atoms with van der Waals surface area (Å²) in [6, 6.07) is 9.33. The first-order chi connectivity index (χ1) is 15.9. The molecule has 0 spiro atoms. The lowest BCUT2D eigenvalue weighted by Gasteiger charge is -2.29. The normalized spacial score (nSPS) is 21.0. The van der Waals surface area contributed by atoms with Gasteiger partial charge in [0.05, 0.1) is 30.4 Å². The van der Waals surface area contributed by atoms with Gasteiger partial charge in [-0.05, 0) is 43.2 Å². The molecule has 1 amide bonds. The number of amides is 1. The minimum atomic E-state index is -0.953. The maximum absolute atomic E-state index is 14.1. The number of aryl methyl sites for hydroxylation is 1. The van der Waals surface area contributed by atoms with E-state index in [1.165, 1.54) is 29.2 Å². The summed E-state index contributed by atoms with van der Waals surface area (Å²) in [4.78, 5) is 29.7. The van der Waals surface area contributed by atoms with Crippen molar-refractivity contribution in [2.45, 2.75) is 19.4 Å². The van der Waals surface area contributed by atoms with Crippen molar-refractivity contribution < 1.29 is 28.9 Å². The van der Waals surface area contributed by atoms with Crippen molar-refractivity contribution in [2.75, 3.05) is 39.4 Å². The van der Waals surface area contributed by atoms with Gasteiger partial charge in [0.15, 0.2) is 0 Å². The van der Waals surface area contributed by atoms with E-state index in [2.05, 4.69) is 4.90 Å². The molecule has 0 bridgehead atoms. The van der Waals surface area contributed by atoms with Gasteiger partial charge in [-0.15, -0.1) is 0 Å². The third-order valence-electron chi connectivity index (χ3n) is 6.09. The molecule has 0 radical (unpaired) electrons. The number of carbonyl (C=O) groups excluding carboxylic acids is 2. The molecule has 8 heteroatoms. The molecule has 2 fully saturated rings. The fourth-order valence-corrected chi connectivity index (χ4v) is 4.41. The van der Waals surface area contributed by atoms with E-state index >= 15 is 0 Å². The van der Waals surface area contributed by atoms with Gasteiger partial charge < -0.3 is 19.8 Å². The molecule has 2 aliphatic heterocycles. The molecule has 2 aliphatic rings. The van der Waals surface area contributed by atoms with Gasteiger partial charge in [-0.1, -0.05) is 23.8 Å². The molecule has 2 heterocycles. The van der Waals surface area contributed by atoms with Crippen LogP contribution in [0.4, 0.5) is 4.39 Å². The first-order valence-electron chi connectivity index (χ1n) is 11.0. The zero-order valence-electron chi connectivity index (χ0n) is 18.5. The number of halogens is 1. The summed E-state index contributed by atoms with van der Waals surface area (Å²) in [7, 11) is 0. The number of ether oxygens (including phenoxy) is 1. The second-order valence-electron chi connectivity index (χ2n) is 8.38. The van der Waals surface area contributed by atoms with E-state index in [-0.39, 0.29) is 23.4 Å². The van der Waals surface area contributed by atoms with Crippen molar-refractivity contribution in [1.82, 2.24) is 9.80 Å². The van der Waals surface area contributed by atoms with E-state index in [4.69, 9.17) is 4.74 Å². The Kier molecular flexibility index (Phi) is 6.76. The molecule has 7 nitrogen and oxygen atoms in total. The molecule has 2 saturated heterocycles. The van der Waals surface area contributed by atoms with E-state index in [0.29, 0.717) is 25.2 Å². The van der Waals surface area contributed by atoms with Crippen LogP contribution in [0, 0.1) is 12.7 Å². The number of aliphatic hydroxyl groups is 1. The van der Waals surface area contributed by atoms with E-state index in [0.717, 1.165) is 25.2 Å². The average Bonchev–Trinajstić information content (AvgIpc) is 3.06. The molecule has 1 unspecified atom stereocenters. The first-order valence-corrected chi connectivity index (χ1v) is 11.0. The molecule has 4 rings (SSSR count). The maximum atomic E-state index is 14.1. The van der Waals surface area contributed by atoms with Crippen molar-refractivity contribution in [3.8, 4) is 5.75 Å². The van der Waals surface area contributed by atoms with E-state index in [9.17, 15) is 24.2 Å². The Hall–Kier alpha value is -3.23. The summed E-state index contributed by atoms with van der Waals surface area (Å²) in [5.74, 6) is -2.80. The van der Waals surface area contributed by atoms with Crippen LogP contribution in [0.3, 0.4) is 0 Å². The summed E-state index contributed by atoms with van der Waals surface area (Å²) in [5.41, 5.74) is 1.05. The lowest BCUT2D eigenvalue weighted by molar-refractivity contribution is -0.140. The van der Waals surface area contributed by atoms with E-state index < -0.39 is 29.3 Å². The molecule has 33 heavy (non-hydrogen) atoms. The zero-order valence-corrected chi connectivity index (χ0v) is 18.5. The number of aromatic hydroxyl groups is 1. The van der Waals surface area contributed by atoms with Crippen molar-refractivity contribution in [1.29, 1.82) is 0 Å². The topological polar surface area (TPSA) is 90.3 Å². The van der Waals surface area contributed by atoms with Crippen LogP contribution in [0.15, 0.2) is 48.0 Å². The van der Waals surface area contributed by atoms with Gasteiger partial charge in [0.25, 0.3) is 11.7 Å². The number of aliphatic hydroxyl groups excluding tert-OH is 1. The highest BCUT2D eigenvalue weighted by Gasteiger charge is 2.46. The van der Waals surface area contributed by atoms with Crippen LogP contribution >= 0.6 is 0 Å². The molecule has 1 atom stereocenters. The third kappa shape index (κ3) is 4.77. The Morgan fingerprint density at radius 1 is 1.12 bits per heavy atom. The number of ketones is 1. The smallest absolute Gasteiger partial charge is 0.295 e. The Bertz CT molecular complexity index is 1090. The van der Waals surface area contributed by atoms with Gasteiger partial charge in [0, 0.05) is 26.2 Å². The van der Waals surface area contributed by atoms with Gasteiger partial charge in [-0.2, -0.15) is 0 Å². The van der Waals surface area contributed by atoms with Crippen LogP contribution in [-0.4, -0.2) is 71.1 Å². The Morgan fingerprint density at radius 3 is 2.61 bits per heavy atom. The first kappa shape index (κ1) is 22.9. The quantitative estimate of drug-likeness (QED) is 0.396. The van der Waals surface area contributed by atoms with Crippen molar-refractivity contribution in [3.05, 3.63) is 70.5 Å². The number of phenolic OH excluding ortho intramolecular Hbond substituents is 1. The fourth-order valence-electron chi connectivity index (χ4n) is 4.41. The number of nitrogens with zero attached hydrogens (tertiary/aromatic N) is 2. The number of likely N-dealkylation sites (tertiary alicyclic amines) is 1. The summed E-state index contributed by atoms with van der Waals surface area (Å²) in [6.07, 6.45) is 0.606. The van der Waals surface area contributed by atoms with Crippen LogP contribution in [-0.2, 0) is 14.3 Å². The number of carbonyl (C=O) groups is 2. The molecule has 174 valence electrons. The van der Waals surface area contributed by atoms with Gasteiger partial charge in [-0.3, -0.25) is 14.5 Å². The molecule has 2 aromatic carbocycles. The summed E-state index contributed by atoms with van der Waals surface area (Å²) >= 11 is 0. The summed E-state index contributed by atoms with van der Waals surface area (Å²) in [6.45, 7) is 5.70. The highest BCUT2D eigenvalue weighted by Crippen LogP contribution is 2.41. The predicted molar refractivity (Wildman–Crippen MR) is 120 cm³/mol. The maximum Gasteiger partial charge on any atom is 0.295 e. The van der Waals surface area contributed by atoms with E-state index in [1.54, 1.807) is 25.1 Å². The monoisotopic (exact) mass is 454 g/mol. The Labute approximate surface area is 191 Å². The van der Waals surface area contributed by atoms with Gasteiger partial charge in [0.2, 0.25) is 0 Å². The van der Waals surface area contributed by atoms with Gasteiger partial charge in [-0.25, -0.2) is 4.39 Å². The van der Waals surface area contributed by atoms with Crippen molar-refractivity contribution in [3.63, 3.8) is 0 Å². The van der Waals surface area contributed by atoms with Gasteiger partial charge >= 0.3 is 0 Å². The minimum Gasteiger partial charge on any atom is -0.507 e. The number of hydrogen-bond acceptors (Lipinski definition) is 6. The number of rotatable bonds is 6. The van der Waals surface area contributed by atoms with Crippen LogP contribution in [0.5, 0.6) is 5.75 Å². The lowest BCUT2D eigenvalue weighted by Crippen LogP contribution is -2.39. The lowest BCUT2D eigenvalue weighted by atomic mass is 9.94. The molecule has 0 aliphatic carbocycles. The number of hydrogen-bond donors (Lipinski definition) is 2. The summed E-state index contributed by atoms with van der Waals surface area (Å²) < 4.78 is 19.4. The molecular formula is C25H27FN2O5. The minimum absolute atomic E-state index is 0.0581. The third-order valence-corrected chi connectivity index (χ3v) is 6.09. The second kappa shape index (κ2) is 9.72. The van der Waals surface area contributed by atoms with Gasteiger partial charge in [0.1, 0.15) is 17.3 Å². The molecular weight excluding hydrogens is 427 g/mol. The number of Topliss-reactive ketones (excluding diaryl/α,β-unsaturated/α-hetero) is 1. The highest BCUT2D eigenvalue weighted by molar-refractivity contribution is 6.46. The van der Waals surface area contributed by atoms with Crippen LogP contribution in [0.25, 0.3) is 5.76 Å². The predicted octanol–water partition coefficient (Wildman–Crippen LogP) is 2.98. The number of morpholine rings is 1. The average molecular weight is 454 g/mol. The fraction of sp³-hybridized carbons (Fsp3) is 0.360. The Morgan fingerprint density at radius 2 is 1.88 bits per heavy atom. The number of benzene rings is 2. The molecule has 2 N–H and O–H groups in total. The van der Waals surface area contributed by atoms with Crippen LogP contribution in [0.2, 0.25) is 0 Å². The van der Waals surface area contributed by atoms with Crippen LogP contribution in [0.1, 0.15) is 29.2 Å². The largest absolute Gasteiger partial charge is 0.507 e. The second-order valence-corrected chi connectivity index (χ2v) is 8.38. The van der Waals surface area contributed by atoms with Crippen molar-refractivity contribution >= 4 is 17.4 Å². The zero-order chi connectivity index (χ0) is 23.5. The molecule has 0 saturated carbocycles. The van der Waals surface area contributed by atoms with E-state index in [1.807, 2.05) is 0 Å². The highest BCUT2D eigenvalue weighted by atomic mass is 19.1. The summed E-state index contributed by atoms with van der Waals surface area (Å²) in [5, 5.41) is 21.4.